The van der Waals surface area contributed by atoms with Crippen LogP contribution in [0, 0.1) is 0 Å². The molecular formula is C21H22N2O4S. The first-order chi connectivity index (χ1) is 13.6. The minimum Gasteiger partial charge on any atom is -0.497 e. The first-order valence-electron chi connectivity index (χ1n) is 8.73. The maximum absolute atomic E-state index is 12.4. The number of thiazole rings is 1. The number of carbonyl (C=O) groups is 1. The van der Waals surface area contributed by atoms with Crippen LogP contribution in [0.1, 0.15) is 12.1 Å². The number of benzene rings is 2. The summed E-state index contributed by atoms with van der Waals surface area (Å²) in [5.74, 6) is 1.94. The smallest absolute Gasteiger partial charge is 0.224 e. The van der Waals surface area contributed by atoms with Gasteiger partial charge in [0.25, 0.3) is 0 Å². The fourth-order valence-electron chi connectivity index (χ4n) is 2.65. The quantitative estimate of drug-likeness (QED) is 0.609. The Balaban J connectivity index is 1.60. The van der Waals surface area contributed by atoms with Gasteiger partial charge in [-0.1, -0.05) is 0 Å². The molecule has 0 saturated carbocycles. The van der Waals surface area contributed by atoms with Gasteiger partial charge < -0.3 is 19.5 Å². The van der Waals surface area contributed by atoms with Gasteiger partial charge in [-0.25, -0.2) is 4.98 Å². The number of aromatic nitrogens is 1. The zero-order valence-corrected chi connectivity index (χ0v) is 16.8. The highest BCUT2D eigenvalue weighted by molar-refractivity contribution is 7.13. The predicted molar refractivity (Wildman–Crippen MR) is 111 cm³/mol. The number of hydrogen-bond acceptors (Lipinski definition) is 6. The van der Waals surface area contributed by atoms with Crippen LogP contribution >= 0.6 is 11.3 Å². The molecule has 1 amide bonds. The van der Waals surface area contributed by atoms with Crippen LogP contribution < -0.4 is 19.5 Å². The van der Waals surface area contributed by atoms with E-state index in [1.807, 2.05) is 29.6 Å². The van der Waals surface area contributed by atoms with Gasteiger partial charge in [0.05, 0.1) is 32.7 Å². The van der Waals surface area contributed by atoms with Crippen LogP contribution in [0.5, 0.6) is 17.2 Å². The molecular weight excluding hydrogens is 376 g/mol. The molecule has 7 heteroatoms. The van der Waals surface area contributed by atoms with Crippen molar-refractivity contribution in [2.45, 2.75) is 12.8 Å². The predicted octanol–water partition coefficient (Wildman–Crippen LogP) is 4.41. The summed E-state index contributed by atoms with van der Waals surface area (Å²) in [6.45, 7) is 0. The Bertz CT molecular complexity index is 938. The first kappa shape index (κ1) is 19.7. The van der Waals surface area contributed by atoms with Gasteiger partial charge in [-0.05, 0) is 42.8 Å². The van der Waals surface area contributed by atoms with Crippen LogP contribution in [0.4, 0.5) is 5.69 Å². The van der Waals surface area contributed by atoms with Crippen LogP contribution in [0.15, 0.2) is 47.8 Å². The van der Waals surface area contributed by atoms with Crippen LogP contribution in [0.3, 0.4) is 0 Å². The van der Waals surface area contributed by atoms with E-state index in [9.17, 15) is 4.79 Å². The number of carbonyl (C=O) groups excluding carboxylic acids is 1. The van der Waals surface area contributed by atoms with Gasteiger partial charge in [-0.3, -0.25) is 4.79 Å². The fourth-order valence-corrected chi connectivity index (χ4v) is 3.51. The highest BCUT2D eigenvalue weighted by atomic mass is 32.1. The van der Waals surface area contributed by atoms with Gasteiger partial charge in [0.2, 0.25) is 5.91 Å². The lowest BCUT2D eigenvalue weighted by molar-refractivity contribution is -0.116. The molecule has 28 heavy (non-hydrogen) atoms. The molecule has 0 aliphatic heterocycles. The van der Waals surface area contributed by atoms with Crippen molar-refractivity contribution in [1.29, 1.82) is 0 Å². The van der Waals surface area contributed by atoms with E-state index in [1.54, 1.807) is 50.9 Å². The first-order valence-corrected chi connectivity index (χ1v) is 9.61. The van der Waals surface area contributed by atoms with E-state index in [0.29, 0.717) is 30.0 Å². The summed E-state index contributed by atoms with van der Waals surface area (Å²) < 4.78 is 15.7. The second-order valence-corrected chi connectivity index (χ2v) is 6.84. The largest absolute Gasteiger partial charge is 0.497 e. The number of nitrogens with zero attached hydrogens (tertiary/aromatic N) is 1. The normalized spacial score (nSPS) is 10.4. The number of aryl methyl sites for hydroxylation is 1. The molecule has 146 valence electrons. The van der Waals surface area contributed by atoms with Crippen molar-refractivity contribution in [2.75, 3.05) is 26.6 Å². The number of ether oxygens (including phenoxy) is 3. The number of amides is 1. The molecule has 6 nitrogen and oxygen atoms in total. The summed E-state index contributed by atoms with van der Waals surface area (Å²) in [6, 6.07) is 13.0. The van der Waals surface area contributed by atoms with Crippen molar-refractivity contribution >= 4 is 22.9 Å². The molecule has 3 rings (SSSR count). The Morgan fingerprint density at radius 3 is 2.39 bits per heavy atom. The summed E-state index contributed by atoms with van der Waals surface area (Å²) >= 11 is 1.56. The van der Waals surface area contributed by atoms with E-state index in [2.05, 4.69) is 10.3 Å². The molecule has 0 radical (unpaired) electrons. The minimum atomic E-state index is -0.106. The summed E-state index contributed by atoms with van der Waals surface area (Å²) in [4.78, 5) is 17.0. The standard InChI is InChI=1S/C21H22N2O4S/c1-25-16-7-4-14(5-8-16)21-22-15(13-28-21)6-11-20(24)23-18-12-17(26-2)9-10-19(18)27-3/h4-5,7-10,12-13H,6,11H2,1-3H3,(H,23,24). The molecule has 0 atom stereocenters. The van der Waals surface area contributed by atoms with Crippen molar-refractivity contribution in [1.82, 2.24) is 4.98 Å². The second-order valence-electron chi connectivity index (χ2n) is 5.99. The van der Waals surface area contributed by atoms with Gasteiger partial charge in [0.1, 0.15) is 22.3 Å². The topological polar surface area (TPSA) is 69.7 Å². The van der Waals surface area contributed by atoms with E-state index < -0.39 is 0 Å². The van der Waals surface area contributed by atoms with Gasteiger partial charge in [-0.15, -0.1) is 11.3 Å². The number of anilines is 1. The SMILES string of the molecule is COc1ccc(-c2nc(CCC(=O)Nc3cc(OC)ccc3OC)cs2)cc1. The highest BCUT2D eigenvalue weighted by Crippen LogP contribution is 2.29. The molecule has 2 aromatic carbocycles. The van der Waals surface area contributed by atoms with Crippen molar-refractivity contribution in [3.8, 4) is 27.8 Å². The van der Waals surface area contributed by atoms with Gasteiger partial charge >= 0.3 is 0 Å². The number of hydrogen-bond donors (Lipinski definition) is 1. The Kier molecular flexibility index (Phi) is 6.49. The Hall–Kier alpha value is -3.06. The molecule has 1 heterocycles. The Labute approximate surface area is 168 Å². The lowest BCUT2D eigenvalue weighted by Gasteiger charge is -2.11. The van der Waals surface area contributed by atoms with Gasteiger partial charge in [0.15, 0.2) is 0 Å². The lowest BCUT2D eigenvalue weighted by atomic mass is 10.2. The van der Waals surface area contributed by atoms with Crippen molar-refractivity contribution in [3.63, 3.8) is 0 Å². The van der Waals surface area contributed by atoms with Gasteiger partial charge in [0, 0.05) is 23.4 Å². The zero-order valence-electron chi connectivity index (χ0n) is 16.0. The molecule has 0 aliphatic rings. The lowest BCUT2D eigenvalue weighted by Crippen LogP contribution is -2.13. The Morgan fingerprint density at radius 1 is 1.00 bits per heavy atom. The summed E-state index contributed by atoms with van der Waals surface area (Å²) in [5, 5.41) is 5.78. The average Bonchev–Trinajstić information content (AvgIpc) is 3.21. The molecule has 1 N–H and O–H groups in total. The zero-order chi connectivity index (χ0) is 19.9. The van der Waals surface area contributed by atoms with E-state index in [0.717, 1.165) is 22.0 Å². The molecule has 1 aromatic heterocycles. The van der Waals surface area contributed by atoms with Crippen molar-refractivity contribution in [3.05, 3.63) is 53.5 Å². The van der Waals surface area contributed by atoms with E-state index >= 15 is 0 Å². The average molecular weight is 398 g/mol. The van der Waals surface area contributed by atoms with Crippen LogP contribution in [-0.4, -0.2) is 32.2 Å². The van der Waals surface area contributed by atoms with Crippen molar-refractivity contribution < 1.29 is 19.0 Å². The fraction of sp³-hybridized carbons (Fsp3) is 0.238. The number of nitrogens with one attached hydrogen (secondary N) is 1. The summed E-state index contributed by atoms with van der Waals surface area (Å²) in [7, 11) is 4.78. The monoisotopic (exact) mass is 398 g/mol. The maximum Gasteiger partial charge on any atom is 0.224 e. The molecule has 0 spiro atoms. The van der Waals surface area contributed by atoms with Crippen LogP contribution in [0.2, 0.25) is 0 Å². The third kappa shape index (κ3) is 4.80. The summed E-state index contributed by atoms with van der Waals surface area (Å²) in [6.07, 6.45) is 0.886. The van der Waals surface area contributed by atoms with E-state index in [4.69, 9.17) is 14.2 Å². The third-order valence-corrected chi connectivity index (χ3v) is 5.12. The van der Waals surface area contributed by atoms with E-state index in [1.165, 1.54) is 0 Å². The molecule has 0 unspecified atom stereocenters. The maximum atomic E-state index is 12.4. The van der Waals surface area contributed by atoms with E-state index in [-0.39, 0.29) is 5.91 Å². The molecule has 0 aliphatic carbocycles. The van der Waals surface area contributed by atoms with Crippen LogP contribution in [0.25, 0.3) is 10.6 Å². The van der Waals surface area contributed by atoms with Gasteiger partial charge in [-0.2, -0.15) is 0 Å². The molecule has 0 saturated heterocycles. The Morgan fingerprint density at radius 2 is 1.71 bits per heavy atom. The minimum absolute atomic E-state index is 0.106. The van der Waals surface area contributed by atoms with Crippen molar-refractivity contribution in [2.24, 2.45) is 0 Å². The third-order valence-electron chi connectivity index (χ3n) is 4.18. The molecule has 0 fully saturated rings. The number of methoxy groups -OCH3 is 3. The molecule has 0 bridgehead atoms. The summed E-state index contributed by atoms with van der Waals surface area (Å²) in [5.41, 5.74) is 2.51. The molecule has 3 aromatic rings. The second kappa shape index (κ2) is 9.23. The highest BCUT2D eigenvalue weighted by Gasteiger charge is 2.11. The number of rotatable bonds is 8. The van der Waals surface area contributed by atoms with Crippen LogP contribution in [-0.2, 0) is 11.2 Å².